The Morgan fingerprint density at radius 1 is 1.05 bits per heavy atom. The van der Waals surface area contributed by atoms with Gasteiger partial charge in [0.15, 0.2) is 0 Å². The molecule has 0 bridgehead atoms. The maximum absolute atomic E-state index is 10.9. The highest BCUT2D eigenvalue weighted by molar-refractivity contribution is 7.88. The summed E-state index contributed by atoms with van der Waals surface area (Å²) in [4.78, 5) is 0. The second-order valence-corrected chi connectivity index (χ2v) is 6.97. The van der Waals surface area contributed by atoms with Gasteiger partial charge in [-0.15, -0.1) is 0 Å². The molecule has 1 aromatic carbocycles. The molecule has 2 N–H and O–H groups in total. The highest BCUT2D eigenvalue weighted by Crippen LogP contribution is 2.21. The van der Waals surface area contributed by atoms with Gasteiger partial charge in [0.2, 0.25) is 10.0 Å². The number of hydrogen-bond acceptors (Lipinski definition) is 3. The van der Waals surface area contributed by atoms with Gasteiger partial charge in [0.1, 0.15) is 0 Å². The van der Waals surface area contributed by atoms with Crippen molar-refractivity contribution in [2.24, 2.45) is 0 Å². The number of hydrogen-bond donors (Lipinski definition) is 2. The second kappa shape index (κ2) is 6.50. The molecule has 0 aliphatic rings. The Hall–Kier alpha value is -0.910. The number of nitrogens with one attached hydrogen (secondary N) is 2. The molecule has 0 fully saturated rings. The molecule has 0 aromatic heterocycles. The van der Waals surface area contributed by atoms with E-state index in [1.807, 2.05) is 0 Å². The molecule has 19 heavy (non-hydrogen) atoms. The van der Waals surface area contributed by atoms with Crippen LogP contribution in [0, 0.1) is 20.8 Å². The van der Waals surface area contributed by atoms with Crippen molar-refractivity contribution >= 4 is 10.0 Å². The smallest absolute Gasteiger partial charge is 0.208 e. The standard InChI is InChI=1S/C14H24N2O2S/c1-10-8-12(3)14(9-11(10)2)13(4)15-6-7-16-19(5,17)18/h8-9,13,15-16H,6-7H2,1-5H3. The number of sulfonamides is 1. The minimum atomic E-state index is -3.10. The lowest BCUT2D eigenvalue weighted by molar-refractivity contribution is 0.555. The molecule has 1 aromatic rings. The Morgan fingerprint density at radius 2 is 1.63 bits per heavy atom. The van der Waals surface area contributed by atoms with Gasteiger partial charge < -0.3 is 5.32 Å². The number of aryl methyl sites for hydroxylation is 3. The first-order valence-electron chi connectivity index (χ1n) is 6.46. The molecule has 108 valence electrons. The highest BCUT2D eigenvalue weighted by atomic mass is 32.2. The van der Waals surface area contributed by atoms with Gasteiger partial charge in [-0.25, -0.2) is 13.1 Å². The lowest BCUT2D eigenvalue weighted by atomic mass is 9.96. The van der Waals surface area contributed by atoms with E-state index in [9.17, 15) is 8.42 Å². The first-order chi connectivity index (χ1) is 8.70. The molecule has 0 aliphatic heterocycles. The Morgan fingerprint density at radius 3 is 2.21 bits per heavy atom. The van der Waals surface area contributed by atoms with Crippen molar-refractivity contribution in [1.29, 1.82) is 0 Å². The minimum absolute atomic E-state index is 0.209. The maximum Gasteiger partial charge on any atom is 0.208 e. The summed E-state index contributed by atoms with van der Waals surface area (Å²) < 4.78 is 24.4. The largest absolute Gasteiger partial charge is 0.309 e. The molecule has 1 unspecified atom stereocenters. The third-order valence-corrected chi connectivity index (χ3v) is 4.02. The second-order valence-electron chi connectivity index (χ2n) is 5.14. The molecule has 0 spiro atoms. The maximum atomic E-state index is 10.9. The predicted octanol–water partition coefficient (Wildman–Crippen LogP) is 1.81. The fourth-order valence-corrected chi connectivity index (χ4v) is 2.56. The summed E-state index contributed by atoms with van der Waals surface area (Å²) in [5.74, 6) is 0. The average molecular weight is 284 g/mol. The van der Waals surface area contributed by atoms with Crippen LogP contribution in [0.5, 0.6) is 0 Å². The van der Waals surface area contributed by atoms with Gasteiger partial charge in [-0.05, 0) is 49.9 Å². The quantitative estimate of drug-likeness (QED) is 0.783. The molecule has 0 saturated heterocycles. The van der Waals surface area contributed by atoms with Gasteiger partial charge in [0.25, 0.3) is 0 Å². The van der Waals surface area contributed by atoms with E-state index in [-0.39, 0.29) is 6.04 Å². The van der Waals surface area contributed by atoms with Crippen LogP contribution < -0.4 is 10.0 Å². The van der Waals surface area contributed by atoms with Crippen molar-refractivity contribution < 1.29 is 8.42 Å². The average Bonchev–Trinajstić information content (AvgIpc) is 2.28. The summed E-state index contributed by atoms with van der Waals surface area (Å²) in [5.41, 5.74) is 5.11. The van der Waals surface area contributed by atoms with E-state index >= 15 is 0 Å². The van der Waals surface area contributed by atoms with Crippen molar-refractivity contribution in [2.75, 3.05) is 19.3 Å². The first kappa shape index (κ1) is 16.1. The lowest BCUT2D eigenvalue weighted by Gasteiger charge is -2.18. The Labute approximate surface area is 116 Å². The Kier molecular flexibility index (Phi) is 5.52. The molecule has 0 heterocycles. The fourth-order valence-electron chi connectivity index (χ4n) is 2.08. The number of benzene rings is 1. The molecule has 0 aliphatic carbocycles. The van der Waals surface area contributed by atoms with E-state index in [0.717, 1.165) is 0 Å². The zero-order valence-electron chi connectivity index (χ0n) is 12.4. The van der Waals surface area contributed by atoms with Crippen LogP contribution in [0.4, 0.5) is 0 Å². The van der Waals surface area contributed by atoms with E-state index in [4.69, 9.17) is 0 Å². The fraction of sp³-hybridized carbons (Fsp3) is 0.571. The van der Waals surface area contributed by atoms with Crippen molar-refractivity contribution in [1.82, 2.24) is 10.0 Å². The predicted molar refractivity (Wildman–Crippen MR) is 79.9 cm³/mol. The third-order valence-electron chi connectivity index (χ3n) is 3.29. The van der Waals surface area contributed by atoms with Crippen LogP contribution in [0.25, 0.3) is 0 Å². The summed E-state index contributed by atoms with van der Waals surface area (Å²) in [6.07, 6.45) is 1.17. The highest BCUT2D eigenvalue weighted by Gasteiger charge is 2.09. The summed E-state index contributed by atoms with van der Waals surface area (Å²) >= 11 is 0. The van der Waals surface area contributed by atoms with Crippen molar-refractivity contribution in [2.45, 2.75) is 33.7 Å². The lowest BCUT2D eigenvalue weighted by Crippen LogP contribution is -2.32. The van der Waals surface area contributed by atoms with Crippen LogP contribution in [-0.4, -0.2) is 27.8 Å². The van der Waals surface area contributed by atoms with Crippen LogP contribution in [-0.2, 0) is 10.0 Å². The van der Waals surface area contributed by atoms with Crippen LogP contribution in [0.1, 0.15) is 35.2 Å². The van der Waals surface area contributed by atoms with Crippen LogP contribution in [0.3, 0.4) is 0 Å². The summed E-state index contributed by atoms with van der Waals surface area (Å²) in [5, 5.41) is 3.33. The molecule has 5 heteroatoms. The molecule has 1 rings (SSSR count). The molecule has 0 amide bonds. The molecule has 0 radical (unpaired) electrons. The normalized spacial score (nSPS) is 13.5. The molecule has 4 nitrogen and oxygen atoms in total. The van der Waals surface area contributed by atoms with E-state index in [1.54, 1.807) is 0 Å². The number of rotatable bonds is 6. The van der Waals surface area contributed by atoms with Gasteiger partial charge in [0.05, 0.1) is 6.26 Å². The zero-order valence-corrected chi connectivity index (χ0v) is 13.2. The SMILES string of the molecule is Cc1cc(C)c(C(C)NCCNS(C)(=O)=O)cc1C. The van der Waals surface area contributed by atoms with E-state index in [2.05, 4.69) is 49.9 Å². The van der Waals surface area contributed by atoms with Gasteiger partial charge in [-0.1, -0.05) is 12.1 Å². The Balaban J connectivity index is 2.59. The molecule has 1 atom stereocenters. The van der Waals surface area contributed by atoms with Crippen LogP contribution >= 0.6 is 0 Å². The molecular weight excluding hydrogens is 260 g/mol. The van der Waals surface area contributed by atoms with E-state index < -0.39 is 10.0 Å². The van der Waals surface area contributed by atoms with Crippen molar-refractivity contribution in [3.63, 3.8) is 0 Å². The van der Waals surface area contributed by atoms with Gasteiger partial charge in [0, 0.05) is 19.1 Å². The molecular formula is C14H24N2O2S. The third kappa shape index (κ3) is 5.30. The first-order valence-corrected chi connectivity index (χ1v) is 8.35. The van der Waals surface area contributed by atoms with Gasteiger partial charge in [-0.2, -0.15) is 0 Å². The molecule has 0 saturated carbocycles. The monoisotopic (exact) mass is 284 g/mol. The van der Waals surface area contributed by atoms with E-state index in [1.165, 1.54) is 28.5 Å². The van der Waals surface area contributed by atoms with Gasteiger partial charge in [-0.3, -0.25) is 0 Å². The topological polar surface area (TPSA) is 58.2 Å². The van der Waals surface area contributed by atoms with Crippen molar-refractivity contribution in [3.8, 4) is 0 Å². The zero-order chi connectivity index (χ0) is 14.6. The minimum Gasteiger partial charge on any atom is -0.309 e. The van der Waals surface area contributed by atoms with Crippen LogP contribution in [0.15, 0.2) is 12.1 Å². The summed E-state index contributed by atoms with van der Waals surface area (Å²) in [6.45, 7) is 9.44. The van der Waals surface area contributed by atoms with Crippen molar-refractivity contribution in [3.05, 3.63) is 34.4 Å². The van der Waals surface area contributed by atoms with Crippen LogP contribution in [0.2, 0.25) is 0 Å². The van der Waals surface area contributed by atoms with E-state index in [0.29, 0.717) is 13.1 Å². The van der Waals surface area contributed by atoms with Gasteiger partial charge >= 0.3 is 0 Å². The summed E-state index contributed by atoms with van der Waals surface area (Å²) in [7, 11) is -3.10. The Bertz CT molecular complexity index is 539. The summed E-state index contributed by atoms with van der Waals surface area (Å²) in [6, 6.07) is 4.60.